The van der Waals surface area contributed by atoms with Gasteiger partial charge in [-0.25, -0.2) is 0 Å². The van der Waals surface area contributed by atoms with E-state index in [9.17, 15) is 0 Å². The molecular weight excluding hydrogens is 192 g/mol. The number of hydrogen-bond donors (Lipinski definition) is 0. The lowest BCUT2D eigenvalue weighted by molar-refractivity contribution is -0.149. The highest BCUT2D eigenvalue weighted by Crippen LogP contribution is 2.02. The van der Waals surface area contributed by atoms with Crippen LogP contribution in [0.1, 0.15) is 40.0 Å². The fraction of sp³-hybridized carbons (Fsp3) is 0.833. The van der Waals surface area contributed by atoms with Crippen LogP contribution in [0.4, 0.5) is 0 Å². The molecule has 0 radical (unpaired) electrons. The van der Waals surface area contributed by atoms with Crippen LogP contribution in [0.3, 0.4) is 0 Å². The molecule has 0 N–H and O–H groups in total. The summed E-state index contributed by atoms with van der Waals surface area (Å²) in [6.45, 7) is 8.07. The Hall–Kier alpha value is -0.540. The van der Waals surface area contributed by atoms with Crippen LogP contribution in [0, 0.1) is 0 Å². The predicted octanol–water partition coefficient (Wildman–Crippen LogP) is 3.11. The van der Waals surface area contributed by atoms with Crippen molar-refractivity contribution < 1.29 is 14.2 Å². The molecular formula is C12H24O3. The molecule has 0 saturated carbocycles. The fourth-order valence-electron chi connectivity index (χ4n) is 1.03. The molecule has 0 saturated heterocycles. The summed E-state index contributed by atoms with van der Waals surface area (Å²) in [5.74, 6) is 0. The van der Waals surface area contributed by atoms with Crippen molar-refractivity contribution in [2.24, 2.45) is 0 Å². The minimum Gasteiger partial charge on any atom is -0.499 e. The first-order valence-corrected chi connectivity index (χ1v) is 5.81. The first-order chi connectivity index (χ1) is 7.35. The maximum absolute atomic E-state index is 5.54. The highest BCUT2D eigenvalue weighted by molar-refractivity contribution is 4.64. The molecule has 0 aromatic carbocycles. The summed E-state index contributed by atoms with van der Waals surface area (Å²) in [5, 5.41) is 0. The highest BCUT2D eigenvalue weighted by Gasteiger charge is 2.05. The van der Waals surface area contributed by atoms with Crippen molar-refractivity contribution >= 4 is 0 Å². The van der Waals surface area contributed by atoms with Crippen molar-refractivity contribution in [1.82, 2.24) is 0 Å². The number of unbranched alkanes of at least 4 members (excludes halogenated alkanes) is 1. The molecule has 0 amide bonds. The van der Waals surface area contributed by atoms with Crippen LogP contribution in [0.25, 0.3) is 0 Å². The zero-order valence-corrected chi connectivity index (χ0v) is 10.2. The molecule has 0 aliphatic heterocycles. The molecule has 0 aliphatic rings. The van der Waals surface area contributed by atoms with Gasteiger partial charge in [-0.15, -0.1) is 0 Å². The molecule has 0 aliphatic carbocycles. The Morgan fingerprint density at radius 1 is 1.07 bits per heavy atom. The van der Waals surface area contributed by atoms with E-state index in [1.165, 1.54) is 0 Å². The van der Waals surface area contributed by atoms with Crippen LogP contribution in [-0.2, 0) is 14.2 Å². The molecule has 90 valence electrons. The molecule has 0 fully saturated rings. The summed E-state index contributed by atoms with van der Waals surface area (Å²) in [7, 11) is 0. The lowest BCUT2D eigenvalue weighted by Crippen LogP contribution is -2.19. The van der Waals surface area contributed by atoms with Crippen molar-refractivity contribution in [1.29, 1.82) is 0 Å². The third-order valence-electron chi connectivity index (χ3n) is 1.87. The lowest BCUT2D eigenvalue weighted by atomic mass is 10.3. The van der Waals surface area contributed by atoms with Gasteiger partial charge in [-0.1, -0.05) is 26.3 Å². The van der Waals surface area contributed by atoms with E-state index in [4.69, 9.17) is 14.2 Å². The van der Waals surface area contributed by atoms with Gasteiger partial charge in [-0.2, -0.15) is 0 Å². The third kappa shape index (κ3) is 9.76. The molecule has 3 heteroatoms. The zero-order valence-electron chi connectivity index (χ0n) is 10.2. The van der Waals surface area contributed by atoms with E-state index in [1.54, 1.807) is 6.26 Å². The van der Waals surface area contributed by atoms with Crippen molar-refractivity contribution in [2.75, 3.05) is 19.8 Å². The second-order valence-corrected chi connectivity index (χ2v) is 3.27. The van der Waals surface area contributed by atoms with Gasteiger partial charge in [0, 0.05) is 6.61 Å². The molecule has 0 rings (SSSR count). The average molecular weight is 216 g/mol. The number of ether oxygens (including phenoxy) is 3. The van der Waals surface area contributed by atoms with E-state index in [0.717, 1.165) is 25.9 Å². The topological polar surface area (TPSA) is 27.7 Å². The zero-order chi connectivity index (χ0) is 11.4. The van der Waals surface area contributed by atoms with Gasteiger partial charge in [-0.3, -0.25) is 0 Å². The van der Waals surface area contributed by atoms with Crippen LogP contribution in [0.15, 0.2) is 12.3 Å². The molecule has 0 aromatic heterocycles. The van der Waals surface area contributed by atoms with Gasteiger partial charge in [0.1, 0.15) is 6.61 Å². The molecule has 1 atom stereocenters. The van der Waals surface area contributed by atoms with E-state index in [0.29, 0.717) is 13.2 Å². The Labute approximate surface area is 93.4 Å². The molecule has 0 spiro atoms. The van der Waals surface area contributed by atoms with Crippen molar-refractivity contribution in [2.45, 2.75) is 46.3 Å². The smallest absolute Gasteiger partial charge is 0.157 e. The number of rotatable bonds is 10. The third-order valence-corrected chi connectivity index (χ3v) is 1.87. The summed E-state index contributed by atoms with van der Waals surface area (Å²) in [5.41, 5.74) is 0. The Morgan fingerprint density at radius 2 is 1.80 bits per heavy atom. The summed E-state index contributed by atoms with van der Waals surface area (Å²) in [6.07, 6.45) is 6.58. The van der Waals surface area contributed by atoms with Crippen LogP contribution >= 0.6 is 0 Å². The van der Waals surface area contributed by atoms with Gasteiger partial charge < -0.3 is 14.2 Å². The monoisotopic (exact) mass is 216 g/mol. The maximum atomic E-state index is 5.54. The Bertz CT molecular complexity index is 146. The molecule has 15 heavy (non-hydrogen) atoms. The van der Waals surface area contributed by atoms with Crippen molar-refractivity contribution in [3.63, 3.8) is 0 Å². The standard InChI is InChI=1S/C12H24O3/c1-4-7-9-14-12(6-3)15-11-10-13-8-5-2/h5,8,12H,4,6-7,9-11H2,1-3H3. The quantitative estimate of drug-likeness (QED) is 0.319. The normalized spacial score (nSPS) is 13.3. The van der Waals surface area contributed by atoms with E-state index >= 15 is 0 Å². The molecule has 3 nitrogen and oxygen atoms in total. The highest BCUT2D eigenvalue weighted by atomic mass is 16.7. The van der Waals surface area contributed by atoms with Crippen molar-refractivity contribution in [3.05, 3.63) is 12.3 Å². The van der Waals surface area contributed by atoms with Crippen LogP contribution in [0.5, 0.6) is 0 Å². The Morgan fingerprint density at radius 3 is 2.40 bits per heavy atom. The van der Waals surface area contributed by atoms with Gasteiger partial charge in [0.2, 0.25) is 0 Å². The minimum atomic E-state index is -0.0780. The van der Waals surface area contributed by atoms with E-state index in [2.05, 4.69) is 13.8 Å². The Kier molecular flexibility index (Phi) is 11.1. The SMILES string of the molecule is CC=COCCOC(CC)OCCCC. The Balaban J connectivity index is 3.35. The van der Waals surface area contributed by atoms with Crippen LogP contribution in [-0.4, -0.2) is 26.1 Å². The number of hydrogen-bond acceptors (Lipinski definition) is 3. The van der Waals surface area contributed by atoms with E-state index < -0.39 is 0 Å². The summed E-state index contributed by atoms with van der Waals surface area (Å²) in [6, 6.07) is 0. The van der Waals surface area contributed by atoms with Gasteiger partial charge >= 0.3 is 0 Å². The van der Waals surface area contributed by atoms with Gasteiger partial charge in [0.05, 0.1) is 12.9 Å². The van der Waals surface area contributed by atoms with Gasteiger partial charge in [0.25, 0.3) is 0 Å². The average Bonchev–Trinajstić information content (AvgIpc) is 2.26. The van der Waals surface area contributed by atoms with Crippen molar-refractivity contribution in [3.8, 4) is 0 Å². The van der Waals surface area contributed by atoms with E-state index in [1.807, 2.05) is 13.0 Å². The lowest BCUT2D eigenvalue weighted by Gasteiger charge is -2.16. The molecule has 0 bridgehead atoms. The molecule has 1 unspecified atom stereocenters. The predicted molar refractivity (Wildman–Crippen MR) is 61.7 cm³/mol. The second-order valence-electron chi connectivity index (χ2n) is 3.27. The molecule has 0 aromatic rings. The fourth-order valence-corrected chi connectivity index (χ4v) is 1.03. The summed E-state index contributed by atoms with van der Waals surface area (Å²) in [4.78, 5) is 0. The first-order valence-electron chi connectivity index (χ1n) is 5.81. The summed E-state index contributed by atoms with van der Waals surface area (Å²) >= 11 is 0. The second kappa shape index (κ2) is 11.5. The van der Waals surface area contributed by atoms with Gasteiger partial charge in [0.15, 0.2) is 6.29 Å². The van der Waals surface area contributed by atoms with Crippen LogP contribution < -0.4 is 0 Å². The first kappa shape index (κ1) is 14.5. The van der Waals surface area contributed by atoms with E-state index in [-0.39, 0.29) is 6.29 Å². The summed E-state index contributed by atoms with van der Waals surface area (Å²) < 4.78 is 16.2. The molecule has 0 heterocycles. The van der Waals surface area contributed by atoms with Gasteiger partial charge in [-0.05, 0) is 19.8 Å². The maximum Gasteiger partial charge on any atom is 0.157 e. The number of allylic oxidation sites excluding steroid dienone is 1. The van der Waals surface area contributed by atoms with Crippen LogP contribution in [0.2, 0.25) is 0 Å². The minimum absolute atomic E-state index is 0.0780. The largest absolute Gasteiger partial charge is 0.499 e.